The van der Waals surface area contributed by atoms with Gasteiger partial charge in [0, 0.05) is 19.6 Å². The summed E-state index contributed by atoms with van der Waals surface area (Å²) in [6, 6.07) is 4.88. The van der Waals surface area contributed by atoms with Gasteiger partial charge in [-0.1, -0.05) is 31.5 Å². The topological polar surface area (TPSA) is 63.4 Å². The van der Waals surface area contributed by atoms with E-state index in [2.05, 4.69) is 13.8 Å². The third kappa shape index (κ3) is 2.94. The van der Waals surface area contributed by atoms with E-state index in [1.807, 2.05) is 0 Å². The van der Waals surface area contributed by atoms with Gasteiger partial charge in [-0.15, -0.1) is 0 Å². The number of hydrogen-bond acceptors (Lipinski definition) is 3. The summed E-state index contributed by atoms with van der Waals surface area (Å²) in [5, 5.41) is 0.243. The normalized spacial score (nSPS) is 19.8. The van der Waals surface area contributed by atoms with Crippen LogP contribution in [0.15, 0.2) is 23.1 Å². The lowest BCUT2D eigenvalue weighted by atomic mass is 9.93. The molecule has 0 aliphatic carbocycles. The molecule has 4 nitrogen and oxygen atoms in total. The fourth-order valence-corrected chi connectivity index (χ4v) is 4.46. The van der Waals surface area contributed by atoms with Crippen molar-refractivity contribution in [1.82, 2.24) is 4.31 Å². The van der Waals surface area contributed by atoms with Gasteiger partial charge >= 0.3 is 0 Å². The molecule has 2 rings (SSSR count). The molecule has 0 aromatic heterocycles. The smallest absolute Gasteiger partial charge is 0.244 e. The molecule has 1 heterocycles. The van der Waals surface area contributed by atoms with Crippen LogP contribution in [0.4, 0.5) is 0 Å². The molecule has 1 aromatic rings. The van der Waals surface area contributed by atoms with Gasteiger partial charge in [-0.25, -0.2) is 8.42 Å². The third-order valence-corrected chi connectivity index (χ3v) is 5.82. The Morgan fingerprint density at radius 2 is 2.11 bits per heavy atom. The Bertz CT molecular complexity index is 584. The van der Waals surface area contributed by atoms with Crippen molar-refractivity contribution in [2.24, 2.45) is 11.1 Å². The predicted molar refractivity (Wildman–Crippen MR) is 76.5 cm³/mol. The fourth-order valence-electron chi connectivity index (χ4n) is 2.29. The first-order valence-electron chi connectivity index (χ1n) is 6.25. The molecule has 0 atom stereocenters. The van der Waals surface area contributed by atoms with Crippen molar-refractivity contribution in [2.45, 2.75) is 31.7 Å². The molecule has 1 aliphatic heterocycles. The Morgan fingerprint density at radius 3 is 2.58 bits per heavy atom. The van der Waals surface area contributed by atoms with Gasteiger partial charge < -0.3 is 5.73 Å². The second-order valence-corrected chi connectivity index (χ2v) is 8.04. The summed E-state index contributed by atoms with van der Waals surface area (Å²) in [6.45, 7) is 5.56. The highest BCUT2D eigenvalue weighted by Crippen LogP contribution is 2.34. The van der Waals surface area contributed by atoms with Crippen LogP contribution in [0, 0.1) is 5.41 Å². The zero-order valence-electron chi connectivity index (χ0n) is 11.2. The van der Waals surface area contributed by atoms with Gasteiger partial charge in [-0.2, -0.15) is 4.31 Å². The summed E-state index contributed by atoms with van der Waals surface area (Å²) in [5.41, 5.74) is 6.37. The van der Waals surface area contributed by atoms with Gasteiger partial charge in [0.05, 0.1) is 5.02 Å². The van der Waals surface area contributed by atoms with Crippen molar-refractivity contribution in [3.05, 3.63) is 28.8 Å². The fraction of sp³-hybridized carbons (Fsp3) is 0.538. The quantitative estimate of drug-likeness (QED) is 0.931. The molecule has 1 fully saturated rings. The van der Waals surface area contributed by atoms with E-state index < -0.39 is 10.0 Å². The molecule has 0 amide bonds. The van der Waals surface area contributed by atoms with Crippen molar-refractivity contribution in [2.75, 3.05) is 13.1 Å². The maximum atomic E-state index is 12.6. The van der Waals surface area contributed by atoms with Gasteiger partial charge in [0.1, 0.15) is 4.90 Å². The summed E-state index contributed by atoms with van der Waals surface area (Å²) in [6.07, 6.45) is 0.866. The van der Waals surface area contributed by atoms with Crippen LogP contribution < -0.4 is 5.73 Å². The molecule has 0 saturated carbocycles. The van der Waals surface area contributed by atoms with Crippen LogP contribution in [0.25, 0.3) is 0 Å². The SMILES string of the molecule is CC1(C)CCN(S(=O)(=O)c2ccc(CN)cc2Cl)C1. The monoisotopic (exact) mass is 302 g/mol. The third-order valence-electron chi connectivity index (χ3n) is 3.49. The van der Waals surface area contributed by atoms with E-state index >= 15 is 0 Å². The Morgan fingerprint density at radius 1 is 1.42 bits per heavy atom. The summed E-state index contributed by atoms with van der Waals surface area (Å²) in [7, 11) is -3.50. The Kier molecular flexibility index (Phi) is 3.93. The maximum Gasteiger partial charge on any atom is 0.244 e. The second kappa shape index (κ2) is 5.05. The molecule has 1 saturated heterocycles. The molecule has 2 N–H and O–H groups in total. The molecule has 106 valence electrons. The summed E-state index contributed by atoms with van der Waals surface area (Å²) >= 11 is 6.08. The molecule has 1 aromatic carbocycles. The number of sulfonamides is 1. The molecule has 0 bridgehead atoms. The number of halogens is 1. The minimum atomic E-state index is -3.50. The van der Waals surface area contributed by atoms with Gasteiger partial charge in [0.25, 0.3) is 0 Å². The van der Waals surface area contributed by atoms with E-state index in [1.165, 1.54) is 4.31 Å². The lowest BCUT2D eigenvalue weighted by Gasteiger charge is -2.20. The van der Waals surface area contributed by atoms with E-state index in [9.17, 15) is 8.42 Å². The van der Waals surface area contributed by atoms with Crippen LogP contribution in [0.3, 0.4) is 0 Å². The molecule has 0 radical (unpaired) electrons. The largest absolute Gasteiger partial charge is 0.326 e. The van der Waals surface area contributed by atoms with E-state index in [0.29, 0.717) is 19.6 Å². The zero-order valence-corrected chi connectivity index (χ0v) is 12.8. The van der Waals surface area contributed by atoms with Crippen LogP contribution in [-0.2, 0) is 16.6 Å². The number of nitrogens with zero attached hydrogens (tertiary/aromatic N) is 1. The van der Waals surface area contributed by atoms with Crippen molar-refractivity contribution in [3.63, 3.8) is 0 Å². The summed E-state index contributed by atoms with van der Waals surface area (Å²) < 4.78 is 26.6. The van der Waals surface area contributed by atoms with Crippen LogP contribution in [-0.4, -0.2) is 25.8 Å². The zero-order chi connectivity index (χ0) is 14.3. The van der Waals surface area contributed by atoms with Crippen molar-refractivity contribution in [1.29, 1.82) is 0 Å². The minimum absolute atomic E-state index is 0.0245. The van der Waals surface area contributed by atoms with E-state index in [0.717, 1.165) is 12.0 Å². The Labute approximate surface area is 119 Å². The van der Waals surface area contributed by atoms with Crippen LogP contribution in [0.2, 0.25) is 5.02 Å². The van der Waals surface area contributed by atoms with Gasteiger partial charge in [-0.3, -0.25) is 0 Å². The van der Waals surface area contributed by atoms with E-state index in [-0.39, 0.29) is 15.3 Å². The molecular formula is C13H19ClN2O2S. The Hall–Kier alpha value is -0.620. The number of hydrogen-bond donors (Lipinski definition) is 1. The highest BCUT2D eigenvalue weighted by atomic mass is 35.5. The summed E-state index contributed by atoms with van der Waals surface area (Å²) in [5.74, 6) is 0. The van der Waals surface area contributed by atoms with Crippen LogP contribution >= 0.6 is 11.6 Å². The molecule has 0 spiro atoms. The average molecular weight is 303 g/mol. The standard InChI is InChI=1S/C13H19ClN2O2S/c1-13(2)5-6-16(9-13)19(17,18)12-4-3-10(8-15)7-11(12)14/h3-4,7H,5-6,8-9,15H2,1-2H3. The number of nitrogens with two attached hydrogens (primary N) is 1. The average Bonchev–Trinajstić information content (AvgIpc) is 2.69. The van der Waals surface area contributed by atoms with Crippen molar-refractivity contribution >= 4 is 21.6 Å². The van der Waals surface area contributed by atoms with Crippen LogP contribution in [0.5, 0.6) is 0 Å². The van der Waals surface area contributed by atoms with Crippen molar-refractivity contribution in [3.8, 4) is 0 Å². The van der Waals surface area contributed by atoms with Crippen molar-refractivity contribution < 1.29 is 8.42 Å². The molecule has 19 heavy (non-hydrogen) atoms. The van der Waals surface area contributed by atoms with Gasteiger partial charge in [0.15, 0.2) is 0 Å². The van der Waals surface area contributed by atoms with Gasteiger partial charge in [0.2, 0.25) is 10.0 Å². The Balaban J connectivity index is 2.35. The highest BCUT2D eigenvalue weighted by molar-refractivity contribution is 7.89. The molecular weight excluding hydrogens is 284 g/mol. The highest BCUT2D eigenvalue weighted by Gasteiger charge is 2.37. The lowest BCUT2D eigenvalue weighted by molar-refractivity contribution is 0.375. The first kappa shape index (κ1) is 14.8. The molecule has 6 heteroatoms. The van der Waals surface area contributed by atoms with E-state index in [1.54, 1.807) is 18.2 Å². The molecule has 1 aliphatic rings. The predicted octanol–water partition coefficient (Wildman–Crippen LogP) is 2.22. The van der Waals surface area contributed by atoms with Gasteiger partial charge in [-0.05, 0) is 29.5 Å². The molecule has 0 unspecified atom stereocenters. The summed E-state index contributed by atoms with van der Waals surface area (Å²) in [4.78, 5) is 0.170. The first-order valence-corrected chi connectivity index (χ1v) is 8.07. The maximum absolute atomic E-state index is 12.6. The van der Waals surface area contributed by atoms with Crippen LogP contribution in [0.1, 0.15) is 25.8 Å². The first-order chi connectivity index (χ1) is 8.76. The van der Waals surface area contributed by atoms with E-state index in [4.69, 9.17) is 17.3 Å². The lowest BCUT2D eigenvalue weighted by Crippen LogP contribution is -2.30. The number of rotatable bonds is 3. The number of benzene rings is 1. The second-order valence-electron chi connectivity index (χ2n) is 5.72. The minimum Gasteiger partial charge on any atom is -0.326 e.